The first-order valence-electron chi connectivity index (χ1n) is 7.00. The minimum Gasteiger partial charge on any atom is -0.392 e. The van der Waals surface area contributed by atoms with Gasteiger partial charge in [-0.2, -0.15) is 0 Å². The Labute approximate surface area is 124 Å². The third-order valence-corrected chi connectivity index (χ3v) is 3.74. The molecule has 20 heavy (non-hydrogen) atoms. The summed E-state index contributed by atoms with van der Waals surface area (Å²) in [5.41, 5.74) is 0.969. The van der Waals surface area contributed by atoms with Crippen LogP contribution >= 0.6 is 11.6 Å². The van der Waals surface area contributed by atoms with Crippen LogP contribution < -0.4 is 0 Å². The van der Waals surface area contributed by atoms with Gasteiger partial charge >= 0.3 is 0 Å². The van der Waals surface area contributed by atoms with Gasteiger partial charge < -0.3 is 10.0 Å². The molecule has 1 saturated heterocycles. The monoisotopic (exact) mass is 293 g/mol. The zero-order valence-corrected chi connectivity index (χ0v) is 12.2. The van der Waals surface area contributed by atoms with Crippen LogP contribution in [-0.4, -0.2) is 41.5 Å². The van der Waals surface area contributed by atoms with E-state index in [4.69, 9.17) is 11.6 Å². The molecule has 1 atom stereocenters. The average molecular weight is 294 g/mol. The van der Waals surface area contributed by atoms with Crippen molar-refractivity contribution < 1.29 is 9.90 Å². The summed E-state index contributed by atoms with van der Waals surface area (Å²) in [6, 6.07) is 7.38. The molecule has 108 valence electrons. The second-order valence-electron chi connectivity index (χ2n) is 5.20. The fraction of sp³-hybridized carbons (Fsp3) is 0.438. The molecule has 1 unspecified atom stereocenters. The Morgan fingerprint density at radius 3 is 2.85 bits per heavy atom. The quantitative estimate of drug-likeness (QED) is 0.849. The van der Waals surface area contributed by atoms with Gasteiger partial charge in [0.2, 0.25) is 0 Å². The van der Waals surface area contributed by atoms with Crippen molar-refractivity contribution in [3.63, 3.8) is 0 Å². The Balaban J connectivity index is 1.76. The minimum atomic E-state index is -0.233. The Kier molecular flexibility index (Phi) is 5.77. The third kappa shape index (κ3) is 5.08. The molecule has 0 spiro atoms. The number of halogens is 1. The van der Waals surface area contributed by atoms with Crippen molar-refractivity contribution in [3.05, 3.63) is 40.9 Å². The smallest absolute Gasteiger partial charge is 0.156 e. The Hall–Kier alpha value is -1.16. The van der Waals surface area contributed by atoms with Gasteiger partial charge in [-0.1, -0.05) is 29.8 Å². The molecule has 0 saturated carbocycles. The third-order valence-electron chi connectivity index (χ3n) is 3.49. The van der Waals surface area contributed by atoms with Crippen LogP contribution in [0.1, 0.15) is 24.8 Å². The molecule has 1 aliphatic heterocycles. The van der Waals surface area contributed by atoms with Crippen molar-refractivity contribution in [2.75, 3.05) is 19.6 Å². The van der Waals surface area contributed by atoms with Gasteiger partial charge in [-0.05, 0) is 43.2 Å². The molecule has 0 aromatic heterocycles. The average Bonchev–Trinajstić information content (AvgIpc) is 2.45. The number of β-amino-alcohol motifs (C(OH)–C–C–N with tert-alkyl or cyclic N) is 1. The molecule has 2 rings (SSSR count). The topological polar surface area (TPSA) is 40.5 Å². The maximum absolute atomic E-state index is 11.8. The molecule has 1 aromatic carbocycles. The Morgan fingerprint density at radius 1 is 1.40 bits per heavy atom. The molecular weight excluding hydrogens is 274 g/mol. The predicted molar refractivity (Wildman–Crippen MR) is 81.8 cm³/mol. The molecule has 1 fully saturated rings. The fourth-order valence-electron chi connectivity index (χ4n) is 2.35. The highest BCUT2D eigenvalue weighted by Crippen LogP contribution is 2.12. The van der Waals surface area contributed by atoms with Gasteiger partial charge in [-0.25, -0.2) is 0 Å². The Morgan fingerprint density at radius 2 is 2.15 bits per heavy atom. The highest BCUT2D eigenvalue weighted by Gasteiger charge is 2.17. The van der Waals surface area contributed by atoms with E-state index >= 15 is 0 Å². The van der Waals surface area contributed by atoms with Crippen LogP contribution in [0.2, 0.25) is 5.02 Å². The van der Waals surface area contributed by atoms with Gasteiger partial charge in [0.15, 0.2) is 5.78 Å². The highest BCUT2D eigenvalue weighted by atomic mass is 35.5. The standard InChI is InChI=1S/C16H20ClNO2/c17-14-6-3-13(4-7-14)5-8-15(19)9-11-18-10-1-2-16(20)12-18/h3-8,16,20H,1-2,9-12H2/b8-5+. The van der Waals surface area contributed by atoms with E-state index in [1.807, 2.05) is 18.2 Å². The first kappa shape index (κ1) is 15.2. The van der Waals surface area contributed by atoms with Gasteiger partial charge in [0.1, 0.15) is 0 Å². The molecule has 4 heteroatoms. The molecule has 1 aromatic rings. The number of piperidine rings is 1. The van der Waals surface area contributed by atoms with Crippen molar-refractivity contribution in [1.29, 1.82) is 0 Å². The number of rotatable bonds is 5. The number of likely N-dealkylation sites (tertiary alicyclic amines) is 1. The lowest BCUT2D eigenvalue weighted by molar-refractivity contribution is -0.115. The van der Waals surface area contributed by atoms with Crippen LogP contribution in [0.5, 0.6) is 0 Å². The fourth-order valence-corrected chi connectivity index (χ4v) is 2.47. The van der Waals surface area contributed by atoms with E-state index in [9.17, 15) is 9.90 Å². The molecule has 1 N–H and O–H groups in total. The van der Waals surface area contributed by atoms with Gasteiger partial charge in [-0.3, -0.25) is 4.79 Å². The van der Waals surface area contributed by atoms with Crippen LogP contribution in [-0.2, 0) is 4.79 Å². The molecule has 1 aliphatic rings. The molecule has 0 aliphatic carbocycles. The van der Waals surface area contributed by atoms with E-state index in [0.717, 1.165) is 31.5 Å². The second-order valence-corrected chi connectivity index (χ2v) is 5.63. The van der Waals surface area contributed by atoms with Crippen LogP contribution in [0, 0.1) is 0 Å². The zero-order chi connectivity index (χ0) is 14.4. The summed E-state index contributed by atoms with van der Waals surface area (Å²) in [5, 5.41) is 10.3. The largest absolute Gasteiger partial charge is 0.392 e. The van der Waals surface area contributed by atoms with Crippen LogP contribution in [0.25, 0.3) is 6.08 Å². The number of nitrogens with zero attached hydrogens (tertiary/aromatic N) is 1. The molecule has 0 amide bonds. The summed E-state index contributed by atoms with van der Waals surface area (Å²) >= 11 is 5.80. The first-order valence-corrected chi connectivity index (χ1v) is 7.38. The summed E-state index contributed by atoms with van der Waals surface area (Å²) in [4.78, 5) is 14.0. The summed E-state index contributed by atoms with van der Waals surface area (Å²) in [6.45, 7) is 2.39. The van der Waals surface area contributed by atoms with Gasteiger partial charge in [0.25, 0.3) is 0 Å². The van der Waals surface area contributed by atoms with Gasteiger partial charge in [0, 0.05) is 24.5 Å². The van der Waals surface area contributed by atoms with Crippen molar-refractivity contribution in [3.8, 4) is 0 Å². The molecule has 3 nitrogen and oxygen atoms in total. The van der Waals surface area contributed by atoms with E-state index in [1.165, 1.54) is 0 Å². The minimum absolute atomic E-state index is 0.111. The molecule has 1 heterocycles. The number of hydrogen-bond acceptors (Lipinski definition) is 3. The summed E-state index contributed by atoms with van der Waals surface area (Å²) in [6.07, 6.45) is 5.57. The van der Waals surface area contributed by atoms with Crippen molar-refractivity contribution >= 4 is 23.5 Å². The summed E-state index contributed by atoms with van der Waals surface area (Å²) in [7, 11) is 0. The maximum atomic E-state index is 11.8. The lowest BCUT2D eigenvalue weighted by Crippen LogP contribution is -2.39. The van der Waals surface area contributed by atoms with E-state index in [1.54, 1.807) is 18.2 Å². The van der Waals surface area contributed by atoms with Gasteiger partial charge in [0.05, 0.1) is 6.10 Å². The first-order chi connectivity index (χ1) is 9.63. The molecular formula is C16H20ClNO2. The van der Waals surface area contributed by atoms with Crippen LogP contribution in [0.15, 0.2) is 30.3 Å². The van der Waals surface area contributed by atoms with E-state index in [-0.39, 0.29) is 11.9 Å². The maximum Gasteiger partial charge on any atom is 0.156 e. The van der Waals surface area contributed by atoms with Crippen molar-refractivity contribution in [2.45, 2.75) is 25.4 Å². The van der Waals surface area contributed by atoms with E-state index < -0.39 is 0 Å². The lowest BCUT2D eigenvalue weighted by Gasteiger charge is -2.29. The number of carbonyl (C=O) groups is 1. The van der Waals surface area contributed by atoms with Crippen molar-refractivity contribution in [2.24, 2.45) is 0 Å². The predicted octanol–water partition coefficient (Wildman–Crippen LogP) is 2.77. The summed E-state index contributed by atoms with van der Waals surface area (Å²) in [5.74, 6) is 0.111. The van der Waals surface area contributed by atoms with E-state index in [0.29, 0.717) is 18.0 Å². The lowest BCUT2D eigenvalue weighted by atomic mass is 10.1. The highest BCUT2D eigenvalue weighted by molar-refractivity contribution is 6.30. The van der Waals surface area contributed by atoms with Crippen LogP contribution in [0.3, 0.4) is 0 Å². The second kappa shape index (κ2) is 7.58. The van der Waals surface area contributed by atoms with Crippen LogP contribution in [0.4, 0.5) is 0 Å². The number of ketones is 1. The zero-order valence-electron chi connectivity index (χ0n) is 11.5. The summed E-state index contributed by atoms with van der Waals surface area (Å²) < 4.78 is 0. The molecule has 0 bridgehead atoms. The van der Waals surface area contributed by atoms with Gasteiger partial charge in [-0.15, -0.1) is 0 Å². The number of allylic oxidation sites excluding steroid dienone is 1. The number of aliphatic hydroxyl groups excluding tert-OH is 1. The number of benzene rings is 1. The number of hydrogen-bond donors (Lipinski definition) is 1. The SMILES string of the molecule is O=C(/C=C/c1ccc(Cl)cc1)CCN1CCCC(O)C1. The Bertz CT molecular complexity index is 470. The normalized spacial score (nSPS) is 20.4. The van der Waals surface area contributed by atoms with Crippen molar-refractivity contribution in [1.82, 2.24) is 4.90 Å². The van der Waals surface area contributed by atoms with E-state index in [2.05, 4.69) is 4.90 Å². The molecule has 0 radical (unpaired) electrons. The number of aliphatic hydroxyl groups is 1. The number of carbonyl (C=O) groups excluding carboxylic acids is 1.